The van der Waals surface area contributed by atoms with Gasteiger partial charge in [0.05, 0.1) is 11.4 Å². The predicted molar refractivity (Wildman–Crippen MR) is 133 cm³/mol. The first-order valence-corrected chi connectivity index (χ1v) is 11.6. The van der Waals surface area contributed by atoms with Gasteiger partial charge in [-0.15, -0.1) is 0 Å². The van der Waals surface area contributed by atoms with Gasteiger partial charge < -0.3 is 21.2 Å². The summed E-state index contributed by atoms with van der Waals surface area (Å²) in [5, 5.41) is 2.79. The lowest BCUT2D eigenvalue weighted by molar-refractivity contribution is -0.123. The first kappa shape index (κ1) is 24.6. The Morgan fingerprint density at radius 1 is 1.08 bits per heavy atom. The van der Waals surface area contributed by atoms with E-state index in [0.717, 1.165) is 16.5 Å². The van der Waals surface area contributed by atoms with E-state index in [4.69, 9.17) is 15.9 Å². The van der Waals surface area contributed by atoms with Gasteiger partial charge in [0.25, 0.3) is 17.7 Å². The highest BCUT2D eigenvalue weighted by molar-refractivity contribution is 7.09. The van der Waals surface area contributed by atoms with E-state index < -0.39 is 29.6 Å². The molecule has 1 unspecified atom stereocenters. The van der Waals surface area contributed by atoms with Gasteiger partial charge in [-0.3, -0.25) is 19.3 Å². The van der Waals surface area contributed by atoms with E-state index in [0.29, 0.717) is 17.3 Å². The number of rotatable bonds is 8. The number of amides is 3. The van der Waals surface area contributed by atoms with Crippen molar-refractivity contribution in [2.75, 3.05) is 10.6 Å². The highest BCUT2D eigenvalue weighted by Crippen LogP contribution is 2.35. The van der Waals surface area contributed by atoms with Crippen LogP contribution in [-0.4, -0.2) is 22.1 Å². The van der Waals surface area contributed by atoms with Crippen molar-refractivity contribution in [1.29, 1.82) is 0 Å². The largest absolute Gasteiger partial charge is 0.464 e. The van der Waals surface area contributed by atoms with Crippen LogP contribution in [0.1, 0.15) is 43.3 Å². The van der Waals surface area contributed by atoms with Gasteiger partial charge >= 0.3 is 0 Å². The number of nitrogens with zero attached hydrogens (tertiary/aromatic N) is 2. The Morgan fingerprint density at radius 2 is 1.78 bits per heavy atom. The van der Waals surface area contributed by atoms with E-state index in [9.17, 15) is 14.4 Å². The minimum atomic E-state index is -1.41. The standard InChI is InChI=1S/C25H22FN5O4S/c1-14-11-12-18(35-14)21(24(33)29-13-15-7-3-2-4-8-15)31(17-10-6-5-9-16(17)26)25(34)22-19(27)20(23(28)32)30-36-22/h2-12,21H,13,27H2,1H3,(H2,28,32)(H,29,33). The molecule has 4 aromatic rings. The van der Waals surface area contributed by atoms with Gasteiger partial charge in [-0.1, -0.05) is 42.5 Å². The summed E-state index contributed by atoms with van der Waals surface area (Å²) in [4.78, 5) is 39.8. The summed E-state index contributed by atoms with van der Waals surface area (Å²) in [6.45, 7) is 1.84. The lowest BCUT2D eigenvalue weighted by Crippen LogP contribution is -2.44. The van der Waals surface area contributed by atoms with Crippen molar-refractivity contribution in [1.82, 2.24) is 9.69 Å². The summed E-state index contributed by atoms with van der Waals surface area (Å²) in [5.74, 6) is -2.56. The van der Waals surface area contributed by atoms with Gasteiger partial charge in [0.2, 0.25) is 0 Å². The molecule has 11 heteroatoms. The highest BCUT2D eigenvalue weighted by atomic mass is 32.1. The fourth-order valence-corrected chi connectivity index (χ4v) is 4.35. The van der Waals surface area contributed by atoms with Crippen molar-refractivity contribution in [2.24, 2.45) is 5.73 Å². The monoisotopic (exact) mass is 507 g/mol. The maximum atomic E-state index is 15.1. The number of nitrogens with one attached hydrogen (secondary N) is 1. The maximum absolute atomic E-state index is 15.1. The van der Waals surface area contributed by atoms with Crippen molar-refractivity contribution in [3.05, 3.63) is 100 Å². The molecule has 4 rings (SSSR count). The van der Waals surface area contributed by atoms with E-state index in [1.165, 1.54) is 24.3 Å². The topological polar surface area (TPSA) is 145 Å². The van der Waals surface area contributed by atoms with Crippen LogP contribution >= 0.6 is 11.5 Å². The number of hydrogen-bond donors (Lipinski definition) is 3. The van der Waals surface area contributed by atoms with Crippen LogP contribution in [0, 0.1) is 12.7 Å². The summed E-state index contributed by atoms with van der Waals surface area (Å²) in [5.41, 5.74) is 11.4. The maximum Gasteiger partial charge on any atom is 0.273 e. The Labute approximate surface area is 209 Å². The summed E-state index contributed by atoms with van der Waals surface area (Å²) < 4.78 is 24.7. The molecular formula is C25H22FN5O4S. The predicted octanol–water partition coefficient (Wildman–Crippen LogP) is 3.57. The quantitative estimate of drug-likeness (QED) is 0.333. The number of aromatic nitrogens is 1. The Balaban J connectivity index is 1.82. The first-order valence-electron chi connectivity index (χ1n) is 10.8. The molecule has 2 aromatic carbocycles. The molecule has 0 saturated carbocycles. The van der Waals surface area contributed by atoms with Gasteiger partial charge in [0.1, 0.15) is 22.2 Å². The molecule has 36 heavy (non-hydrogen) atoms. The molecule has 2 aromatic heterocycles. The van der Waals surface area contributed by atoms with Crippen molar-refractivity contribution in [3.8, 4) is 0 Å². The van der Waals surface area contributed by atoms with E-state index in [2.05, 4.69) is 9.69 Å². The lowest BCUT2D eigenvalue weighted by atomic mass is 10.1. The number of benzene rings is 2. The van der Waals surface area contributed by atoms with Crippen LogP contribution in [0.2, 0.25) is 0 Å². The highest BCUT2D eigenvalue weighted by Gasteiger charge is 2.38. The average molecular weight is 508 g/mol. The smallest absolute Gasteiger partial charge is 0.273 e. The number of halogens is 1. The SMILES string of the molecule is Cc1ccc(C(C(=O)NCc2ccccc2)N(C(=O)c2snc(C(N)=O)c2N)c2ccccc2F)o1. The molecule has 0 bridgehead atoms. The molecule has 0 aliphatic heterocycles. The van der Waals surface area contributed by atoms with Gasteiger partial charge in [-0.2, -0.15) is 4.37 Å². The minimum absolute atomic E-state index is 0.105. The summed E-state index contributed by atoms with van der Waals surface area (Å²) in [6.07, 6.45) is 0. The number of nitrogens with two attached hydrogens (primary N) is 2. The summed E-state index contributed by atoms with van der Waals surface area (Å²) in [6, 6.07) is 16.4. The van der Waals surface area contributed by atoms with Gasteiger partial charge in [0.15, 0.2) is 11.7 Å². The third kappa shape index (κ3) is 4.96. The molecule has 0 saturated heterocycles. The van der Waals surface area contributed by atoms with Crippen molar-refractivity contribution < 1.29 is 23.2 Å². The molecule has 0 radical (unpaired) electrons. The Morgan fingerprint density at radius 3 is 2.39 bits per heavy atom. The molecule has 2 heterocycles. The number of nitrogen functional groups attached to an aromatic ring is 1. The second-order valence-corrected chi connectivity index (χ2v) is 8.59. The number of furan rings is 1. The van der Waals surface area contributed by atoms with Crippen LogP contribution in [0.5, 0.6) is 0 Å². The van der Waals surface area contributed by atoms with E-state index in [-0.39, 0.29) is 34.3 Å². The molecule has 184 valence electrons. The average Bonchev–Trinajstić information content (AvgIpc) is 3.47. The number of aryl methyl sites for hydroxylation is 1. The van der Waals surface area contributed by atoms with Crippen molar-refractivity contribution in [2.45, 2.75) is 19.5 Å². The molecule has 0 fully saturated rings. The normalized spacial score (nSPS) is 11.6. The lowest BCUT2D eigenvalue weighted by Gasteiger charge is -2.30. The van der Waals surface area contributed by atoms with Crippen LogP contribution in [-0.2, 0) is 11.3 Å². The van der Waals surface area contributed by atoms with Crippen LogP contribution in [0.15, 0.2) is 71.1 Å². The third-order valence-electron chi connectivity index (χ3n) is 5.33. The van der Waals surface area contributed by atoms with Gasteiger partial charge in [-0.25, -0.2) is 4.39 Å². The molecule has 1 atom stereocenters. The van der Waals surface area contributed by atoms with Crippen molar-refractivity contribution in [3.63, 3.8) is 0 Å². The van der Waals surface area contributed by atoms with E-state index >= 15 is 4.39 Å². The molecular weight excluding hydrogens is 485 g/mol. The molecule has 9 nitrogen and oxygen atoms in total. The number of carbonyl (C=O) groups excluding carboxylic acids is 3. The number of para-hydroxylation sites is 1. The zero-order valence-corrected chi connectivity index (χ0v) is 19.9. The van der Waals surface area contributed by atoms with Gasteiger partial charge in [-0.05, 0) is 48.3 Å². The second-order valence-electron chi connectivity index (χ2n) is 7.82. The molecule has 5 N–H and O–H groups in total. The second kappa shape index (κ2) is 10.4. The Kier molecular flexibility index (Phi) is 7.11. The number of hydrogen-bond acceptors (Lipinski definition) is 7. The Bertz CT molecular complexity index is 1420. The van der Waals surface area contributed by atoms with Crippen LogP contribution in [0.3, 0.4) is 0 Å². The zero-order chi connectivity index (χ0) is 25.8. The fraction of sp³-hybridized carbons (Fsp3) is 0.120. The Hall–Kier alpha value is -4.51. The third-order valence-corrected chi connectivity index (χ3v) is 6.18. The van der Waals surface area contributed by atoms with Crippen LogP contribution in [0.4, 0.5) is 15.8 Å². The van der Waals surface area contributed by atoms with Crippen LogP contribution in [0.25, 0.3) is 0 Å². The van der Waals surface area contributed by atoms with Crippen LogP contribution < -0.4 is 21.7 Å². The number of carbonyl (C=O) groups is 3. The van der Waals surface area contributed by atoms with E-state index in [1.807, 2.05) is 30.3 Å². The zero-order valence-electron chi connectivity index (χ0n) is 19.1. The number of primary amides is 1. The van der Waals surface area contributed by atoms with Gasteiger partial charge in [0, 0.05) is 6.54 Å². The fourth-order valence-electron chi connectivity index (χ4n) is 3.61. The number of anilines is 2. The molecule has 0 aliphatic carbocycles. The molecule has 0 spiro atoms. The van der Waals surface area contributed by atoms with E-state index in [1.54, 1.807) is 13.0 Å². The van der Waals surface area contributed by atoms with Crippen molar-refractivity contribution >= 4 is 40.6 Å². The molecule has 0 aliphatic rings. The first-order chi connectivity index (χ1) is 17.3. The molecule has 3 amide bonds. The minimum Gasteiger partial charge on any atom is -0.464 e. The summed E-state index contributed by atoms with van der Waals surface area (Å²) in [7, 11) is 0. The summed E-state index contributed by atoms with van der Waals surface area (Å²) >= 11 is 0.629.